The smallest absolute Gasteiger partial charge is 0.273 e. The first-order valence-electron chi connectivity index (χ1n) is 9.32. The summed E-state index contributed by atoms with van der Waals surface area (Å²) < 4.78 is 5.28. The molecule has 5 nitrogen and oxygen atoms in total. The van der Waals surface area contributed by atoms with Crippen LogP contribution in [-0.2, 0) is 0 Å². The molecule has 3 fully saturated rings. The molecule has 0 radical (unpaired) electrons. The van der Waals surface area contributed by atoms with E-state index in [4.69, 9.17) is 4.52 Å². The van der Waals surface area contributed by atoms with Gasteiger partial charge in [0.05, 0.1) is 0 Å². The Bertz CT molecular complexity index is 546. The molecule has 0 bridgehead atoms. The lowest BCUT2D eigenvalue weighted by atomic mass is 9.94. The number of aromatic nitrogens is 1. The Morgan fingerprint density at radius 3 is 2.78 bits per heavy atom. The molecule has 1 saturated heterocycles. The van der Waals surface area contributed by atoms with Gasteiger partial charge >= 0.3 is 0 Å². The van der Waals surface area contributed by atoms with Crippen molar-refractivity contribution in [3.8, 4) is 0 Å². The van der Waals surface area contributed by atoms with Crippen molar-refractivity contribution in [2.24, 2.45) is 0 Å². The maximum absolute atomic E-state index is 12.3. The lowest BCUT2D eigenvalue weighted by Gasteiger charge is -2.35. The monoisotopic (exact) mass is 317 g/mol. The van der Waals surface area contributed by atoms with Crippen LogP contribution in [0.5, 0.6) is 0 Å². The standard InChI is InChI=1S/C18H27N3O2/c22-18(16-11-17(23-20-16)13-8-9-13)19-12-15-7-4-10-21(15)14-5-2-1-3-6-14/h11,13-15H,1-10,12H2,(H,19,22). The van der Waals surface area contributed by atoms with Crippen molar-refractivity contribution in [3.63, 3.8) is 0 Å². The molecule has 3 aliphatic rings. The highest BCUT2D eigenvalue weighted by Crippen LogP contribution is 2.40. The molecule has 1 unspecified atom stereocenters. The first-order valence-corrected chi connectivity index (χ1v) is 9.32. The fourth-order valence-corrected chi connectivity index (χ4v) is 4.23. The van der Waals surface area contributed by atoms with Crippen LogP contribution in [0.2, 0.25) is 0 Å². The third-order valence-corrected chi connectivity index (χ3v) is 5.71. The van der Waals surface area contributed by atoms with E-state index >= 15 is 0 Å². The number of rotatable bonds is 5. The van der Waals surface area contributed by atoms with Gasteiger partial charge in [0.25, 0.3) is 5.91 Å². The Morgan fingerprint density at radius 2 is 2.00 bits per heavy atom. The van der Waals surface area contributed by atoms with Gasteiger partial charge in [-0.3, -0.25) is 9.69 Å². The summed E-state index contributed by atoms with van der Waals surface area (Å²) in [5, 5.41) is 7.01. The predicted molar refractivity (Wildman–Crippen MR) is 87.4 cm³/mol. The number of carbonyl (C=O) groups is 1. The minimum Gasteiger partial charge on any atom is -0.360 e. The summed E-state index contributed by atoms with van der Waals surface area (Å²) in [5.74, 6) is 1.29. The minimum absolute atomic E-state index is 0.0869. The summed E-state index contributed by atoms with van der Waals surface area (Å²) in [7, 11) is 0. The highest BCUT2D eigenvalue weighted by Gasteiger charge is 2.32. The van der Waals surface area contributed by atoms with Crippen molar-refractivity contribution in [2.45, 2.75) is 75.8 Å². The zero-order valence-electron chi connectivity index (χ0n) is 13.8. The molecule has 1 N–H and O–H groups in total. The fourth-order valence-electron chi connectivity index (χ4n) is 4.23. The van der Waals surface area contributed by atoms with E-state index < -0.39 is 0 Å². The average Bonchev–Trinajstić information content (AvgIpc) is 3.14. The average molecular weight is 317 g/mol. The first kappa shape index (κ1) is 15.2. The van der Waals surface area contributed by atoms with E-state index in [9.17, 15) is 4.79 Å². The number of nitrogens with one attached hydrogen (secondary N) is 1. The highest BCUT2D eigenvalue weighted by atomic mass is 16.5. The molecule has 2 saturated carbocycles. The molecule has 126 valence electrons. The molecule has 5 heteroatoms. The zero-order chi connectivity index (χ0) is 15.6. The van der Waals surface area contributed by atoms with Gasteiger partial charge in [-0.1, -0.05) is 24.4 Å². The molecule has 2 aliphatic carbocycles. The van der Waals surface area contributed by atoms with Crippen LogP contribution in [0, 0.1) is 0 Å². The van der Waals surface area contributed by atoms with Gasteiger partial charge in [0.15, 0.2) is 5.69 Å². The molecule has 1 aromatic heterocycles. The second kappa shape index (κ2) is 6.63. The van der Waals surface area contributed by atoms with Crippen molar-refractivity contribution in [1.82, 2.24) is 15.4 Å². The van der Waals surface area contributed by atoms with Gasteiger partial charge in [-0.25, -0.2) is 0 Å². The number of hydrogen-bond donors (Lipinski definition) is 1. The Labute approximate surface area is 137 Å². The van der Waals surface area contributed by atoms with E-state index in [-0.39, 0.29) is 5.91 Å². The van der Waals surface area contributed by atoms with Crippen molar-refractivity contribution in [2.75, 3.05) is 13.1 Å². The summed E-state index contributed by atoms with van der Waals surface area (Å²) in [4.78, 5) is 14.9. The Balaban J connectivity index is 1.30. The van der Waals surface area contributed by atoms with Gasteiger partial charge in [0.2, 0.25) is 0 Å². The Hall–Kier alpha value is -1.36. The summed E-state index contributed by atoms with van der Waals surface area (Å²) in [6.07, 6.45) is 11.6. The number of carbonyl (C=O) groups excluding carboxylic acids is 1. The van der Waals surface area contributed by atoms with Crippen molar-refractivity contribution < 1.29 is 9.32 Å². The predicted octanol–water partition coefficient (Wildman–Crippen LogP) is 3.08. The van der Waals surface area contributed by atoms with Crippen LogP contribution in [0.4, 0.5) is 0 Å². The zero-order valence-corrected chi connectivity index (χ0v) is 13.8. The fraction of sp³-hybridized carbons (Fsp3) is 0.778. The minimum atomic E-state index is -0.0869. The van der Waals surface area contributed by atoms with Crippen LogP contribution in [0.3, 0.4) is 0 Å². The molecule has 23 heavy (non-hydrogen) atoms. The number of nitrogens with zero attached hydrogens (tertiary/aromatic N) is 2. The third kappa shape index (κ3) is 3.44. The van der Waals surface area contributed by atoms with E-state index in [0.29, 0.717) is 17.7 Å². The van der Waals surface area contributed by atoms with Gasteiger partial charge in [-0.2, -0.15) is 0 Å². The van der Waals surface area contributed by atoms with E-state index in [0.717, 1.165) is 31.2 Å². The van der Waals surface area contributed by atoms with Crippen molar-refractivity contribution in [1.29, 1.82) is 0 Å². The lowest BCUT2D eigenvalue weighted by Crippen LogP contribution is -2.45. The Morgan fingerprint density at radius 1 is 1.17 bits per heavy atom. The molecule has 1 atom stereocenters. The van der Waals surface area contributed by atoms with Crippen molar-refractivity contribution in [3.05, 3.63) is 17.5 Å². The molecule has 0 aromatic carbocycles. The molecular weight excluding hydrogens is 290 g/mol. The molecule has 1 amide bonds. The van der Waals surface area contributed by atoms with Crippen LogP contribution in [0.1, 0.15) is 80.0 Å². The molecule has 1 aliphatic heterocycles. The quantitative estimate of drug-likeness (QED) is 0.906. The lowest BCUT2D eigenvalue weighted by molar-refractivity contribution is 0.0911. The van der Waals surface area contributed by atoms with Gasteiger partial charge in [0, 0.05) is 30.6 Å². The maximum Gasteiger partial charge on any atom is 0.273 e. The van der Waals surface area contributed by atoms with Gasteiger partial charge in [0.1, 0.15) is 5.76 Å². The number of amides is 1. The number of hydrogen-bond acceptors (Lipinski definition) is 4. The topological polar surface area (TPSA) is 58.4 Å². The second-order valence-electron chi connectivity index (χ2n) is 7.42. The van der Waals surface area contributed by atoms with E-state index in [1.54, 1.807) is 0 Å². The van der Waals surface area contributed by atoms with Crippen LogP contribution in [0.25, 0.3) is 0 Å². The van der Waals surface area contributed by atoms with E-state index in [1.807, 2.05) is 6.07 Å². The number of likely N-dealkylation sites (tertiary alicyclic amines) is 1. The Kier molecular flexibility index (Phi) is 4.38. The molecule has 2 heterocycles. The molecular formula is C18H27N3O2. The third-order valence-electron chi connectivity index (χ3n) is 5.71. The van der Waals surface area contributed by atoms with Gasteiger partial charge in [-0.05, 0) is 45.1 Å². The highest BCUT2D eigenvalue weighted by molar-refractivity contribution is 5.92. The molecule has 0 spiro atoms. The summed E-state index contributed by atoms with van der Waals surface area (Å²) in [6, 6.07) is 3.05. The SMILES string of the molecule is O=C(NCC1CCCN1C1CCCCC1)c1cc(C2CC2)on1. The van der Waals surface area contributed by atoms with Gasteiger partial charge in [-0.15, -0.1) is 0 Å². The van der Waals surface area contributed by atoms with Crippen LogP contribution in [0.15, 0.2) is 10.6 Å². The van der Waals surface area contributed by atoms with E-state index in [2.05, 4.69) is 15.4 Å². The van der Waals surface area contributed by atoms with E-state index in [1.165, 1.54) is 51.5 Å². The maximum atomic E-state index is 12.3. The van der Waals surface area contributed by atoms with Crippen molar-refractivity contribution >= 4 is 5.91 Å². The summed E-state index contributed by atoms with van der Waals surface area (Å²) >= 11 is 0. The normalized spacial score (nSPS) is 26.5. The second-order valence-corrected chi connectivity index (χ2v) is 7.42. The first-order chi connectivity index (χ1) is 11.3. The molecule has 4 rings (SSSR count). The van der Waals surface area contributed by atoms with Gasteiger partial charge < -0.3 is 9.84 Å². The van der Waals surface area contributed by atoms with Crippen LogP contribution < -0.4 is 5.32 Å². The van der Waals surface area contributed by atoms with Crippen LogP contribution >= 0.6 is 0 Å². The molecule has 1 aromatic rings. The largest absolute Gasteiger partial charge is 0.360 e. The summed E-state index contributed by atoms with van der Waals surface area (Å²) in [6.45, 7) is 1.93. The summed E-state index contributed by atoms with van der Waals surface area (Å²) in [5.41, 5.74) is 0.439. The van der Waals surface area contributed by atoms with Crippen LogP contribution in [-0.4, -0.2) is 41.1 Å².